The van der Waals surface area contributed by atoms with Gasteiger partial charge in [-0.1, -0.05) is 0 Å². The van der Waals surface area contributed by atoms with Crippen molar-refractivity contribution in [3.05, 3.63) is 65.9 Å². The van der Waals surface area contributed by atoms with E-state index in [0.717, 1.165) is 30.4 Å². The van der Waals surface area contributed by atoms with E-state index in [2.05, 4.69) is 9.97 Å². The molecular formula is C36H39F6N9O. The second-order valence-electron chi connectivity index (χ2n) is 13.2. The molecule has 276 valence electrons. The molecule has 2 aliphatic heterocycles. The quantitative estimate of drug-likeness (QED) is 0.0990. The number of carbonyl (C=O) groups excluding carboxylic acids is 1. The van der Waals surface area contributed by atoms with Gasteiger partial charge in [0.2, 0.25) is 5.91 Å². The van der Waals surface area contributed by atoms with E-state index in [-0.39, 0.29) is 63.6 Å². The fourth-order valence-corrected chi connectivity index (χ4v) is 6.70. The number of carbonyl (C=O) groups is 1. The van der Waals surface area contributed by atoms with E-state index in [1.807, 2.05) is 30.8 Å². The number of piperidine rings is 1. The summed E-state index contributed by atoms with van der Waals surface area (Å²) >= 11 is 0. The highest BCUT2D eigenvalue weighted by Crippen LogP contribution is 2.48. The van der Waals surface area contributed by atoms with Crippen LogP contribution in [-0.4, -0.2) is 84.2 Å². The molecule has 4 aromatic rings. The number of hydrazine groups is 1. The largest absolute Gasteiger partial charge is 0.417 e. The zero-order valence-corrected chi connectivity index (χ0v) is 29.1. The maximum atomic E-state index is 17.0. The highest BCUT2D eigenvalue weighted by atomic mass is 19.4. The van der Waals surface area contributed by atoms with Crippen LogP contribution < -0.4 is 21.5 Å². The first kappa shape index (κ1) is 38.1. The average Bonchev–Trinajstić information content (AvgIpc) is 3.09. The van der Waals surface area contributed by atoms with Crippen LogP contribution in [0.3, 0.4) is 0 Å². The Balaban J connectivity index is 0.00000168. The van der Waals surface area contributed by atoms with Gasteiger partial charge in [0, 0.05) is 73.3 Å². The molecule has 0 aliphatic carbocycles. The number of rotatable bonds is 7. The van der Waals surface area contributed by atoms with Gasteiger partial charge >= 0.3 is 6.18 Å². The minimum Gasteiger partial charge on any atom is -0.394 e. The molecule has 4 heterocycles. The molecule has 0 bridgehead atoms. The zero-order valence-electron chi connectivity index (χ0n) is 29.1. The molecule has 4 N–H and O–H groups in total. The number of aromatic nitrogens is 2. The molecule has 52 heavy (non-hydrogen) atoms. The molecule has 10 nitrogen and oxygen atoms in total. The van der Waals surface area contributed by atoms with Crippen LogP contribution in [0.4, 0.5) is 43.5 Å². The van der Waals surface area contributed by atoms with Crippen LogP contribution in [0.25, 0.3) is 32.9 Å². The average molecular weight is 728 g/mol. The zero-order chi connectivity index (χ0) is 38.1. The van der Waals surface area contributed by atoms with Crippen molar-refractivity contribution in [1.82, 2.24) is 19.8 Å². The topological polar surface area (TPSA) is 132 Å². The third kappa shape index (κ3) is 7.02. The summed E-state index contributed by atoms with van der Waals surface area (Å²) in [5, 5.41) is 8.25. The Morgan fingerprint density at radius 3 is 2.38 bits per heavy atom. The molecule has 0 atom stereocenters. The Morgan fingerprint density at radius 1 is 1.13 bits per heavy atom. The van der Waals surface area contributed by atoms with Crippen LogP contribution >= 0.6 is 0 Å². The smallest absolute Gasteiger partial charge is 0.394 e. The van der Waals surface area contributed by atoms with Gasteiger partial charge in [0.25, 0.3) is 0 Å². The number of benzene rings is 2. The number of allylic oxidation sites excluding steroid dienone is 1. The van der Waals surface area contributed by atoms with Crippen LogP contribution in [0.2, 0.25) is 0 Å². The molecule has 0 unspecified atom stereocenters. The molecule has 0 radical (unpaired) electrons. The minimum atomic E-state index is -5.06. The normalized spacial score (nSPS) is 16.2. The van der Waals surface area contributed by atoms with E-state index < -0.39 is 47.2 Å². The van der Waals surface area contributed by atoms with Gasteiger partial charge in [-0.15, -0.1) is 0 Å². The molecule has 16 heteroatoms. The SMILES string of the molecule is CC#N.CN(C)C1(C)CN(c2nc3c(F)c(-c4ccc(F)c5cccnc45)c(C(F)(F)F)cc3c(N(N)C3CCN(C(=O)/C=C/CF)CC3)c2N)C1. The summed E-state index contributed by atoms with van der Waals surface area (Å²) in [6.45, 7) is 4.05. The van der Waals surface area contributed by atoms with Crippen molar-refractivity contribution in [2.45, 2.75) is 44.4 Å². The number of nitrogens with zero attached hydrogens (tertiary/aromatic N) is 7. The van der Waals surface area contributed by atoms with Gasteiger partial charge in [0.15, 0.2) is 11.6 Å². The Labute approximate surface area is 296 Å². The monoisotopic (exact) mass is 727 g/mol. The Bertz CT molecular complexity index is 2050. The van der Waals surface area contributed by atoms with E-state index in [4.69, 9.17) is 16.8 Å². The van der Waals surface area contributed by atoms with Crippen LogP contribution in [-0.2, 0) is 11.0 Å². The first-order chi connectivity index (χ1) is 24.6. The van der Waals surface area contributed by atoms with Crippen molar-refractivity contribution in [1.29, 1.82) is 5.26 Å². The van der Waals surface area contributed by atoms with Gasteiger partial charge in [-0.05, 0) is 70.3 Å². The maximum Gasteiger partial charge on any atom is 0.417 e. The van der Waals surface area contributed by atoms with E-state index in [1.54, 1.807) is 6.07 Å². The van der Waals surface area contributed by atoms with E-state index in [9.17, 15) is 26.7 Å². The van der Waals surface area contributed by atoms with E-state index in [0.29, 0.717) is 25.9 Å². The number of halogens is 6. The third-order valence-corrected chi connectivity index (χ3v) is 9.72. The number of likely N-dealkylation sites (N-methyl/N-ethyl adjacent to an activating group) is 1. The number of fused-ring (bicyclic) bond motifs is 2. The van der Waals surface area contributed by atoms with Gasteiger partial charge < -0.3 is 25.4 Å². The Kier molecular flexibility index (Phi) is 10.9. The molecule has 2 saturated heterocycles. The molecule has 1 amide bonds. The lowest BCUT2D eigenvalue weighted by molar-refractivity contribution is -0.137. The van der Waals surface area contributed by atoms with Crippen LogP contribution in [0.5, 0.6) is 0 Å². The van der Waals surface area contributed by atoms with Gasteiger partial charge in [0.1, 0.15) is 23.7 Å². The number of nitrogens with two attached hydrogens (primary N) is 2. The lowest BCUT2D eigenvalue weighted by Crippen LogP contribution is -2.67. The lowest BCUT2D eigenvalue weighted by Gasteiger charge is -2.52. The van der Waals surface area contributed by atoms with Gasteiger partial charge in [-0.2, -0.15) is 18.4 Å². The lowest BCUT2D eigenvalue weighted by atomic mass is 9.90. The number of pyridine rings is 2. The van der Waals surface area contributed by atoms with E-state index in [1.165, 1.54) is 35.2 Å². The summed E-state index contributed by atoms with van der Waals surface area (Å²) in [4.78, 5) is 26.5. The fraction of sp³-hybridized carbons (Fsp3) is 0.389. The van der Waals surface area contributed by atoms with Crippen molar-refractivity contribution in [2.24, 2.45) is 5.84 Å². The van der Waals surface area contributed by atoms with Crippen molar-refractivity contribution in [2.75, 3.05) is 62.6 Å². The van der Waals surface area contributed by atoms with Crippen molar-refractivity contribution in [3.63, 3.8) is 0 Å². The van der Waals surface area contributed by atoms with E-state index >= 15 is 4.39 Å². The summed E-state index contributed by atoms with van der Waals surface area (Å²) in [6.07, 6.45) is -0.888. The minimum absolute atomic E-state index is 0.0191. The summed E-state index contributed by atoms with van der Waals surface area (Å²) in [5.74, 6) is 4.48. The molecule has 0 spiro atoms. The number of nitriles is 1. The third-order valence-electron chi connectivity index (χ3n) is 9.72. The van der Waals surface area contributed by atoms with Gasteiger partial charge in [-0.3, -0.25) is 9.78 Å². The fourth-order valence-electron chi connectivity index (χ4n) is 6.70. The molecule has 2 aromatic carbocycles. The van der Waals surface area contributed by atoms with Crippen LogP contribution in [0.15, 0.2) is 48.7 Å². The predicted molar refractivity (Wildman–Crippen MR) is 189 cm³/mol. The second-order valence-corrected chi connectivity index (χ2v) is 13.2. The second kappa shape index (κ2) is 14.8. The highest BCUT2D eigenvalue weighted by molar-refractivity contribution is 6.06. The van der Waals surface area contributed by atoms with Crippen molar-refractivity contribution >= 4 is 44.9 Å². The Hall–Kier alpha value is -5.14. The highest BCUT2D eigenvalue weighted by Gasteiger charge is 2.44. The number of likely N-dealkylation sites (tertiary alicyclic amines) is 1. The molecular weight excluding hydrogens is 688 g/mol. The van der Waals surface area contributed by atoms with Crippen molar-refractivity contribution < 1.29 is 31.1 Å². The number of nitrogen functional groups attached to an aromatic ring is 1. The number of amides is 1. The summed E-state index contributed by atoms with van der Waals surface area (Å²) < 4.78 is 89.0. The number of hydrogen-bond donors (Lipinski definition) is 2. The number of hydrogen-bond acceptors (Lipinski definition) is 9. The standard InChI is InChI=1S/C34H36F6N8O.C2H3N/c1-33(45(2)3)17-47(18-33)32-28(41)31(48(42)19-10-14-46(15-11-19)25(49)7-4-12-35)22-16-23(34(38,39)40)26(27(37)30(22)44-32)21-8-9-24(36)20-6-5-13-43-29(20)21;1-2-3/h4-9,13,16,19H,10-12,14-15,17-18,41-42H2,1-3H3;1H3/b7-4+;. The predicted octanol–water partition coefficient (Wildman–Crippen LogP) is 6.20. The molecule has 2 aromatic heterocycles. The molecule has 0 saturated carbocycles. The number of anilines is 3. The summed E-state index contributed by atoms with van der Waals surface area (Å²) in [7, 11) is 3.83. The maximum absolute atomic E-state index is 17.0. The first-order valence-electron chi connectivity index (χ1n) is 16.4. The molecule has 2 aliphatic rings. The molecule has 2 fully saturated rings. The summed E-state index contributed by atoms with van der Waals surface area (Å²) in [5.41, 5.74) is 3.44. The summed E-state index contributed by atoms with van der Waals surface area (Å²) in [6, 6.07) is 6.88. The van der Waals surface area contributed by atoms with Gasteiger partial charge in [0.05, 0.1) is 28.4 Å². The first-order valence-corrected chi connectivity index (χ1v) is 16.4. The van der Waals surface area contributed by atoms with Crippen LogP contribution in [0, 0.1) is 23.0 Å². The van der Waals surface area contributed by atoms with Gasteiger partial charge in [-0.25, -0.2) is 24.0 Å². The Morgan fingerprint density at radius 2 is 1.79 bits per heavy atom. The molecule has 6 rings (SSSR count). The van der Waals surface area contributed by atoms with Crippen LogP contribution in [0.1, 0.15) is 32.3 Å². The van der Waals surface area contributed by atoms with Crippen molar-refractivity contribution in [3.8, 4) is 17.2 Å². The number of alkyl halides is 4.